The number of ether oxygens (including phenoxy) is 1. The number of benzene rings is 2. The quantitative estimate of drug-likeness (QED) is 0.747. The molecule has 0 saturated heterocycles. The average Bonchev–Trinajstić information content (AvgIpc) is 2.54. The van der Waals surface area contributed by atoms with E-state index in [-0.39, 0.29) is 22.6 Å². The molecule has 0 fully saturated rings. The summed E-state index contributed by atoms with van der Waals surface area (Å²) in [5.74, 6) is -0.847. The first-order valence-electron chi connectivity index (χ1n) is 7.68. The van der Waals surface area contributed by atoms with E-state index in [2.05, 4.69) is 4.98 Å². The summed E-state index contributed by atoms with van der Waals surface area (Å²) in [7, 11) is 0. The van der Waals surface area contributed by atoms with Gasteiger partial charge in [-0.3, -0.25) is 0 Å². The number of nitrogens with zero attached hydrogens (tertiary/aromatic N) is 1. The van der Waals surface area contributed by atoms with Gasteiger partial charge in [0.2, 0.25) is 0 Å². The lowest BCUT2D eigenvalue weighted by Crippen LogP contribution is -2.29. The summed E-state index contributed by atoms with van der Waals surface area (Å²) in [5, 5.41) is 20.8. The maximum atomic E-state index is 14.2. The Labute approximate surface area is 143 Å². The van der Waals surface area contributed by atoms with Gasteiger partial charge in [0, 0.05) is 5.39 Å². The molecule has 0 aliphatic carbocycles. The Morgan fingerprint density at radius 3 is 2.48 bits per heavy atom. The molecule has 1 atom stereocenters. The normalized spacial score (nSPS) is 13.0. The zero-order valence-electron chi connectivity index (χ0n) is 13.7. The maximum Gasteiger partial charge on any atom is 0.149 e. The van der Waals surface area contributed by atoms with Crippen molar-refractivity contribution in [3.8, 4) is 11.5 Å². The minimum Gasteiger partial charge on any atom is -0.455 e. The summed E-state index contributed by atoms with van der Waals surface area (Å²) in [6, 6.07) is 10.2. The number of rotatable bonds is 4. The molecule has 0 spiro atoms. The molecule has 25 heavy (non-hydrogen) atoms. The van der Waals surface area contributed by atoms with Gasteiger partial charge in [-0.1, -0.05) is 18.2 Å². The number of fused-ring (bicyclic) bond motifs is 1. The molecule has 0 saturated carbocycles. The molecule has 3 rings (SSSR count). The lowest BCUT2D eigenvalue weighted by Gasteiger charge is -2.26. The highest BCUT2D eigenvalue weighted by molar-refractivity contribution is 5.80. The first-order chi connectivity index (χ1) is 11.8. The molecule has 1 aromatic heterocycles. The van der Waals surface area contributed by atoms with Crippen molar-refractivity contribution in [3.63, 3.8) is 0 Å². The Hall–Kier alpha value is -2.57. The van der Waals surface area contributed by atoms with Gasteiger partial charge in [0.05, 0.1) is 17.4 Å². The van der Waals surface area contributed by atoms with Gasteiger partial charge in [-0.25, -0.2) is 13.8 Å². The van der Waals surface area contributed by atoms with Crippen LogP contribution in [0.2, 0.25) is 0 Å². The van der Waals surface area contributed by atoms with Gasteiger partial charge in [-0.05, 0) is 38.1 Å². The molecule has 4 nitrogen and oxygen atoms in total. The zero-order chi connectivity index (χ0) is 18.2. The third-order valence-electron chi connectivity index (χ3n) is 3.82. The summed E-state index contributed by atoms with van der Waals surface area (Å²) in [4.78, 5) is 4.02. The predicted molar refractivity (Wildman–Crippen MR) is 89.4 cm³/mol. The minimum atomic E-state index is -1.56. The number of pyridine rings is 1. The molecule has 2 N–H and O–H groups in total. The lowest BCUT2D eigenvalue weighted by molar-refractivity contribution is -0.0520. The van der Waals surface area contributed by atoms with Gasteiger partial charge < -0.3 is 14.9 Å². The van der Waals surface area contributed by atoms with Crippen molar-refractivity contribution in [2.75, 3.05) is 0 Å². The van der Waals surface area contributed by atoms with Crippen LogP contribution in [0.3, 0.4) is 0 Å². The highest BCUT2D eigenvalue weighted by Crippen LogP contribution is 2.36. The van der Waals surface area contributed by atoms with Crippen LogP contribution in [-0.4, -0.2) is 20.8 Å². The molecule has 1 heterocycles. The number of para-hydroxylation sites is 1. The van der Waals surface area contributed by atoms with E-state index in [0.29, 0.717) is 5.39 Å². The number of halogens is 2. The van der Waals surface area contributed by atoms with Crippen molar-refractivity contribution >= 4 is 10.9 Å². The second-order valence-corrected chi connectivity index (χ2v) is 6.29. The Kier molecular flexibility index (Phi) is 4.41. The highest BCUT2D eigenvalue weighted by atomic mass is 19.1. The van der Waals surface area contributed by atoms with Crippen LogP contribution in [0.5, 0.6) is 11.5 Å². The van der Waals surface area contributed by atoms with Crippen molar-refractivity contribution in [2.24, 2.45) is 0 Å². The van der Waals surface area contributed by atoms with Crippen LogP contribution in [-0.2, 0) is 0 Å². The largest absolute Gasteiger partial charge is 0.455 e. The molecule has 6 heteroatoms. The fourth-order valence-electron chi connectivity index (χ4n) is 2.51. The van der Waals surface area contributed by atoms with E-state index in [1.165, 1.54) is 44.3 Å². The van der Waals surface area contributed by atoms with Gasteiger partial charge in [0.15, 0.2) is 0 Å². The van der Waals surface area contributed by atoms with E-state index in [1.54, 1.807) is 18.2 Å². The summed E-state index contributed by atoms with van der Waals surface area (Å²) in [6.07, 6.45) is -0.175. The van der Waals surface area contributed by atoms with Crippen molar-refractivity contribution in [1.82, 2.24) is 4.98 Å². The van der Waals surface area contributed by atoms with Crippen molar-refractivity contribution < 1.29 is 23.7 Å². The van der Waals surface area contributed by atoms with Crippen LogP contribution in [0.1, 0.15) is 25.5 Å². The van der Waals surface area contributed by atoms with Crippen LogP contribution in [0.15, 0.2) is 48.7 Å². The van der Waals surface area contributed by atoms with Gasteiger partial charge in [0.25, 0.3) is 0 Å². The van der Waals surface area contributed by atoms with Gasteiger partial charge in [-0.15, -0.1) is 0 Å². The number of hydrogen-bond donors (Lipinski definition) is 2. The number of hydrogen-bond acceptors (Lipinski definition) is 4. The second kappa shape index (κ2) is 6.38. The number of aromatic nitrogens is 1. The first kappa shape index (κ1) is 17.3. The predicted octanol–water partition coefficient (Wildman–Crippen LogP) is 4.11. The van der Waals surface area contributed by atoms with E-state index in [4.69, 9.17) is 4.74 Å². The van der Waals surface area contributed by atoms with Gasteiger partial charge >= 0.3 is 0 Å². The van der Waals surface area contributed by atoms with E-state index < -0.39 is 23.3 Å². The fourth-order valence-corrected chi connectivity index (χ4v) is 2.51. The van der Waals surface area contributed by atoms with Crippen LogP contribution >= 0.6 is 0 Å². The Balaban J connectivity index is 2.03. The number of aliphatic hydroxyl groups excluding tert-OH is 1. The molecule has 0 radical (unpaired) electrons. The Morgan fingerprint density at radius 1 is 1.08 bits per heavy atom. The fraction of sp³-hybridized carbons (Fsp3) is 0.211. The average molecular weight is 345 g/mol. The molecular formula is C19H17F2NO3. The van der Waals surface area contributed by atoms with Gasteiger partial charge in [-0.2, -0.15) is 0 Å². The van der Waals surface area contributed by atoms with Crippen molar-refractivity contribution in [1.29, 1.82) is 0 Å². The molecule has 130 valence electrons. The van der Waals surface area contributed by atoms with Crippen LogP contribution in [0.25, 0.3) is 10.9 Å². The molecule has 0 bridgehead atoms. The van der Waals surface area contributed by atoms with Crippen molar-refractivity contribution in [3.05, 3.63) is 65.9 Å². The second-order valence-electron chi connectivity index (χ2n) is 6.29. The SMILES string of the molecule is CC(C)(O)C(O)c1c(F)cccc1Oc1cnc2c(F)cccc2c1. The third-order valence-corrected chi connectivity index (χ3v) is 3.82. The van der Waals surface area contributed by atoms with Gasteiger partial charge in [0.1, 0.15) is 34.8 Å². The molecule has 0 aliphatic heterocycles. The standard InChI is InChI=1S/C19H17F2NO3/c1-19(2,24)18(23)16-13(20)6-4-8-15(16)25-12-9-11-5-3-7-14(21)17(11)22-10-12/h3-10,18,23-24H,1-2H3. The topological polar surface area (TPSA) is 62.6 Å². The smallest absolute Gasteiger partial charge is 0.149 e. The summed E-state index contributed by atoms with van der Waals surface area (Å²) >= 11 is 0. The summed E-state index contributed by atoms with van der Waals surface area (Å²) in [5.41, 5.74) is -1.52. The van der Waals surface area contributed by atoms with E-state index in [9.17, 15) is 19.0 Å². The van der Waals surface area contributed by atoms with Crippen LogP contribution in [0.4, 0.5) is 8.78 Å². The monoisotopic (exact) mass is 345 g/mol. The number of aliphatic hydroxyl groups is 2. The lowest BCUT2D eigenvalue weighted by atomic mass is 9.94. The highest BCUT2D eigenvalue weighted by Gasteiger charge is 2.31. The minimum absolute atomic E-state index is 0.0483. The first-order valence-corrected chi connectivity index (χ1v) is 7.68. The van der Waals surface area contributed by atoms with E-state index in [1.807, 2.05) is 0 Å². The molecule has 1 unspecified atom stereocenters. The van der Waals surface area contributed by atoms with Crippen LogP contribution < -0.4 is 4.74 Å². The molecular weight excluding hydrogens is 328 g/mol. The zero-order valence-corrected chi connectivity index (χ0v) is 13.7. The Morgan fingerprint density at radius 2 is 1.76 bits per heavy atom. The van der Waals surface area contributed by atoms with E-state index in [0.717, 1.165) is 0 Å². The Bertz CT molecular complexity index is 922. The maximum absolute atomic E-state index is 14.2. The van der Waals surface area contributed by atoms with Crippen LogP contribution in [0, 0.1) is 11.6 Å². The molecule has 0 amide bonds. The summed E-state index contributed by atoms with van der Waals surface area (Å²) in [6.45, 7) is 2.74. The molecule has 3 aromatic rings. The third kappa shape index (κ3) is 3.45. The van der Waals surface area contributed by atoms with E-state index >= 15 is 0 Å². The molecule has 2 aromatic carbocycles. The van der Waals surface area contributed by atoms with Crippen molar-refractivity contribution in [2.45, 2.75) is 25.6 Å². The molecule has 0 aliphatic rings. The summed E-state index contributed by atoms with van der Waals surface area (Å²) < 4.78 is 33.6.